The highest BCUT2D eigenvalue weighted by atomic mass is 32.2. The van der Waals surface area contributed by atoms with Crippen LogP contribution in [0, 0.1) is 12.8 Å². The fraction of sp³-hybridized carbons (Fsp3) is 0.391. The molecule has 0 atom stereocenters. The second kappa shape index (κ2) is 10.6. The van der Waals surface area contributed by atoms with E-state index in [1.807, 2.05) is 0 Å². The summed E-state index contributed by atoms with van der Waals surface area (Å²) in [5, 5.41) is 2.73. The number of nitrogens with zero attached hydrogens (tertiary/aromatic N) is 1. The zero-order valence-electron chi connectivity index (χ0n) is 18.3. The Kier molecular flexibility index (Phi) is 7.87. The average molecular weight is 460 g/mol. The van der Waals surface area contributed by atoms with E-state index in [1.54, 1.807) is 55.4 Å². The Bertz CT molecular complexity index is 1070. The predicted molar refractivity (Wildman–Crippen MR) is 122 cm³/mol. The number of sulfonamides is 1. The van der Waals surface area contributed by atoms with E-state index in [1.165, 1.54) is 12.1 Å². The Morgan fingerprint density at radius 3 is 2.59 bits per heavy atom. The smallest absolute Gasteiger partial charge is 0.246 e. The zero-order valence-corrected chi connectivity index (χ0v) is 19.2. The van der Waals surface area contributed by atoms with Crippen LogP contribution in [0.2, 0.25) is 0 Å². The molecule has 1 aromatic carbocycles. The van der Waals surface area contributed by atoms with Crippen molar-refractivity contribution >= 4 is 33.6 Å². The molecule has 32 heavy (non-hydrogen) atoms. The van der Waals surface area contributed by atoms with Gasteiger partial charge in [-0.05, 0) is 67.7 Å². The number of likely N-dealkylation sites (tertiary alicyclic amines) is 1. The average Bonchev–Trinajstić information content (AvgIpc) is 3.30. The van der Waals surface area contributed by atoms with Gasteiger partial charge in [0.25, 0.3) is 0 Å². The third-order valence-corrected chi connectivity index (χ3v) is 7.07. The molecule has 0 saturated carbocycles. The van der Waals surface area contributed by atoms with Gasteiger partial charge in [0.2, 0.25) is 21.8 Å². The van der Waals surface area contributed by atoms with E-state index >= 15 is 0 Å². The normalized spacial score (nSPS) is 15.2. The topological polar surface area (TPSA) is 109 Å². The lowest BCUT2D eigenvalue weighted by Gasteiger charge is -2.31. The summed E-state index contributed by atoms with van der Waals surface area (Å²) in [6, 6.07) is 8.29. The lowest BCUT2D eigenvalue weighted by atomic mass is 9.97. The van der Waals surface area contributed by atoms with Gasteiger partial charge in [-0.3, -0.25) is 9.59 Å². The van der Waals surface area contributed by atoms with Gasteiger partial charge in [0.1, 0.15) is 5.76 Å². The molecule has 0 unspecified atom stereocenters. The molecular formula is C23H29N3O5S. The van der Waals surface area contributed by atoms with Crippen LogP contribution in [0.1, 0.15) is 37.5 Å². The fourth-order valence-corrected chi connectivity index (χ4v) is 4.93. The first-order valence-corrected chi connectivity index (χ1v) is 12.2. The first-order valence-electron chi connectivity index (χ1n) is 10.7. The van der Waals surface area contributed by atoms with Crippen LogP contribution in [0.3, 0.4) is 0 Å². The van der Waals surface area contributed by atoms with E-state index in [4.69, 9.17) is 4.42 Å². The van der Waals surface area contributed by atoms with Crippen LogP contribution in [0.25, 0.3) is 6.08 Å². The largest absolute Gasteiger partial charge is 0.465 e. The molecule has 2 N–H and O–H groups in total. The molecule has 1 fully saturated rings. The van der Waals surface area contributed by atoms with E-state index in [-0.39, 0.29) is 22.6 Å². The van der Waals surface area contributed by atoms with Gasteiger partial charge in [-0.1, -0.05) is 6.92 Å². The maximum atomic E-state index is 12.8. The lowest BCUT2D eigenvalue weighted by Crippen LogP contribution is -2.41. The Hall–Kier alpha value is -2.91. The van der Waals surface area contributed by atoms with Crippen molar-refractivity contribution in [1.29, 1.82) is 0 Å². The quantitative estimate of drug-likeness (QED) is 0.590. The number of hydrogen-bond donors (Lipinski definition) is 2. The minimum absolute atomic E-state index is 0.0775. The summed E-state index contributed by atoms with van der Waals surface area (Å²) in [4.78, 5) is 25.8. The highest BCUT2D eigenvalue weighted by Crippen LogP contribution is 2.22. The van der Waals surface area contributed by atoms with Gasteiger partial charge in [-0.15, -0.1) is 0 Å². The van der Waals surface area contributed by atoms with Crippen molar-refractivity contribution in [2.75, 3.05) is 25.0 Å². The molecule has 9 heteroatoms. The van der Waals surface area contributed by atoms with Crippen molar-refractivity contribution < 1.29 is 22.4 Å². The van der Waals surface area contributed by atoms with Crippen molar-refractivity contribution in [3.63, 3.8) is 0 Å². The van der Waals surface area contributed by atoms with Gasteiger partial charge < -0.3 is 14.6 Å². The number of anilines is 1. The molecule has 1 saturated heterocycles. The van der Waals surface area contributed by atoms with E-state index < -0.39 is 10.0 Å². The minimum Gasteiger partial charge on any atom is -0.465 e. The monoisotopic (exact) mass is 459 g/mol. The van der Waals surface area contributed by atoms with Crippen molar-refractivity contribution in [3.05, 3.63) is 54.0 Å². The molecule has 0 radical (unpaired) electrons. The standard InChI is InChI=1S/C23H29N3O5S/c1-3-22(27)25-19-6-8-21(17(2)15-19)32(29,30)24-16-18-10-12-26(13-11-18)23(28)9-7-20-5-4-14-31-20/h4-9,14-15,18,24H,3,10-13,16H2,1-2H3,(H,25,27)/b9-7+. The first-order chi connectivity index (χ1) is 15.3. The third-order valence-electron chi connectivity index (χ3n) is 5.49. The summed E-state index contributed by atoms with van der Waals surface area (Å²) in [6.07, 6.45) is 6.50. The molecule has 2 heterocycles. The van der Waals surface area contributed by atoms with Crippen molar-refractivity contribution in [2.45, 2.75) is 38.0 Å². The summed E-state index contributed by atoms with van der Waals surface area (Å²) in [6.45, 7) is 4.94. The highest BCUT2D eigenvalue weighted by molar-refractivity contribution is 7.89. The molecule has 0 aliphatic carbocycles. The number of nitrogens with one attached hydrogen (secondary N) is 2. The number of furan rings is 1. The van der Waals surface area contributed by atoms with Crippen molar-refractivity contribution in [1.82, 2.24) is 9.62 Å². The predicted octanol–water partition coefficient (Wildman–Crippen LogP) is 3.17. The Morgan fingerprint density at radius 1 is 1.22 bits per heavy atom. The number of rotatable bonds is 8. The molecule has 2 amide bonds. The van der Waals surface area contributed by atoms with E-state index in [0.29, 0.717) is 43.1 Å². The second-order valence-corrected chi connectivity index (χ2v) is 9.59. The van der Waals surface area contributed by atoms with Gasteiger partial charge in [0, 0.05) is 37.8 Å². The highest BCUT2D eigenvalue weighted by Gasteiger charge is 2.24. The van der Waals surface area contributed by atoms with Crippen molar-refractivity contribution in [3.8, 4) is 0 Å². The zero-order chi connectivity index (χ0) is 23.1. The molecule has 172 valence electrons. The number of piperidine rings is 1. The Labute approximate surface area is 188 Å². The number of carbonyl (C=O) groups excluding carboxylic acids is 2. The molecule has 1 aliphatic heterocycles. The number of amides is 2. The Balaban J connectivity index is 1.50. The summed E-state index contributed by atoms with van der Waals surface area (Å²) in [5.41, 5.74) is 1.14. The fourth-order valence-electron chi connectivity index (χ4n) is 3.59. The van der Waals surface area contributed by atoms with Crippen LogP contribution in [0.5, 0.6) is 0 Å². The van der Waals surface area contributed by atoms with Crippen LogP contribution in [0.15, 0.2) is 52.0 Å². The molecular weight excluding hydrogens is 430 g/mol. The SMILES string of the molecule is CCC(=O)Nc1ccc(S(=O)(=O)NCC2CCN(C(=O)/C=C/c3ccco3)CC2)c(C)c1. The summed E-state index contributed by atoms with van der Waals surface area (Å²) < 4.78 is 33.4. The molecule has 3 rings (SSSR count). The van der Waals surface area contributed by atoms with Crippen LogP contribution in [-0.4, -0.2) is 44.8 Å². The van der Waals surface area contributed by atoms with E-state index in [0.717, 1.165) is 12.8 Å². The van der Waals surface area contributed by atoms with Crippen LogP contribution in [-0.2, 0) is 19.6 Å². The van der Waals surface area contributed by atoms with Gasteiger partial charge in [-0.25, -0.2) is 13.1 Å². The van der Waals surface area contributed by atoms with Crippen LogP contribution < -0.4 is 10.0 Å². The van der Waals surface area contributed by atoms with E-state index in [9.17, 15) is 18.0 Å². The number of benzene rings is 1. The summed E-state index contributed by atoms with van der Waals surface area (Å²) in [7, 11) is -3.67. The van der Waals surface area contributed by atoms with Gasteiger partial charge in [0.15, 0.2) is 0 Å². The number of hydrogen-bond acceptors (Lipinski definition) is 5. The molecule has 1 aliphatic rings. The summed E-state index contributed by atoms with van der Waals surface area (Å²) >= 11 is 0. The summed E-state index contributed by atoms with van der Waals surface area (Å²) in [5.74, 6) is 0.579. The number of aryl methyl sites for hydroxylation is 1. The minimum atomic E-state index is -3.67. The maximum absolute atomic E-state index is 12.8. The van der Waals surface area contributed by atoms with Crippen LogP contribution in [0.4, 0.5) is 5.69 Å². The molecule has 0 bridgehead atoms. The molecule has 0 spiro atoms. The van der Waals surface area contributed by atoms with Gasteiger partial charge in [-0.2, -0.15) is 0 Å². The lowest BCUT2D eigenvalue weighted by molar-refractivity contribution is -0.127. The molecule has 8 nitrogen and oxygen atoms in total. The first kappa shape index (κ1) is 23.7. The van der Waals surface area contributed by atoms with Gasteiger partial charge in [0.05, 0.1) is 11.2 Å². The Morgan fingerprint density at radius 2 is 1.97 bits per heavy atom. The van der Waals surface area contributed by atoms with Crippen molar-refractivity contribution in [2.24, 2.45) is 5.92 Å². The third kappa shape index (κ3) is 6.30. The maximum Gasteiger partial charge on any atom is 0.246 e. The van der Waals surface area contributed by atoms with Gasteiger partial charge >= 0.3 is 0 Å². The van der Waals surface area contributed by atoms with Crippen LogP contribution >= 0.6 is 0 Å². The second-order valence-electron chi connectivity index (χ2n) is 7.85. The number of carbonyl (C=O) groups is 2. The molecule has 1 aromatic heterocycles. The van der Waals surface area contributed by atoms with E-state index in [2.05, 4.69) is 10.0 Å². The molecule has 2 aromatic rings.